The highest BCUT2D eigenvalue weighted by Gasteiger charge is 2.20. The Kier molecular flexibility index (Phi) is 7.06. The molecule has 1 unspecified atom stereocenters. The number of rotatable bonds is 7. The van der Waals surface area contributed by atoms with E-state index < -0.39 is 0 Å². The largest absolute Gasteiger partial charge is 0.382 e. The Hall–Kier alpha value is -2.79. The summed E-state index contributed by atoms with van der Waals surface area (Å²) in [6.45, 7) is 8.69. The number of nitrogen functional groups attached to an aromatic ring is 1. The smallest absolute Gasteiger partial charge is 0.183 e. The number of anilines is 1. The van der Waals surface area contributed by atoms with E-state index in [1.807, 2.05) is 12.3 Å². The number of nitrogens with zero attached hydrogens (tertiary/aromatic N) is 3. The van der Waals surface area contributed by atoms with Gasteiger partial charge in [-0.1, -0.05) is 69.6 Å². The molecule has 2 heterocycles. The number of hydrogen-bond acceptors (Lipinski definition) is 5. The molecule has 2 aromatic heterocycles. The molecule has 0 fully saturated rings. The van der Waals surface area contributed by atoms with E-state index in [9.17, 15) is 4.79 Å². The number of halogens is 1. The molecule has 6 heteroatoms. The second-order valence-electron chi connectivity index (χ2n) is 8.86. The maximum Gasteiger partial charge on any atom is 0.183 e. The van der Waals surface area contributed by atoms with Crippen molar-refractivity contribution in [2.75, 3.05) is 5.73 Å². The quantitative estimate of drug-likeness (QED) is 0.476. The summed E-state index contributed by atoms with van der Waals surface area (Å²) >= 11 is 6.11. The Morgan fingerprint density at radius 1 is 1.06 bits per heavy atom. The van der Waals surface area contributed by atoms with Crippen LogP contribution in [-0.4, -0.2) is 20.7 Å². The summed E-state index contributed by atoms with van der Waals surface area (Å²) in [7, 11) is 0. The van der Waals surface area contributed by atoms with Crippen LogP contribution in [0.15, 0.2) is 48.9 Å². The van der Waals surface area contributed by atoms with E-state index in [0.717, 1.165) is 24.1 Å². The summed E-state index contributed by atoms with van der Waals surface area (Å²) in [5.41, 5.74) is 10.6. The molecular weight excluding hydrogens is 408 g/mol. The number of carbonyl (C=O) groups is 1. The fourth-order valence-corrected chi connectivity index (χ4v) is 3.71. The summed E-state index contributed by atoms with van der Waals surface area (Å²) < 4.78 is 0. The minimum atomic E-state index is -0.144. The van der Waals surface area contributed by atoms with Crippen molar-refractivity contribution in [2.45, 2.75) is 58.3 Å². The summed E-state index contributed by atoms with van der Waals surface area (Å²) in [5, 5.41) is 0.119. The summed E-state index contributed by atoms with van der Waals surface area (Å²) in [6, 6.07) is 12.8. The van der Waals surface area contributed by atoms with E-state index in [1.54, 1.807) is 0 Å². The van der Waals surface area contributed by atoms with Crippen LogP contribution in [0.4, 0.5) is 5.82 Å². The van der Waals surface area contributed by atoms with Crippen LogP contribution < -0.4 is 5.73 Å². The third-order valence-corrected chi connectivity index (χ3v) is 5.90. The van der Waals surface area contributed by atoms with Gasteiger partial charge in [0.15, 0.2) is 5.78 Å². The molecule has 1 aromatic carbocycles. The minimum absolute atomic E-state index is 0.0346. The number of ketones is 1. The van der Waals surface area contributed by atoms with Crippen molar-refractivity contribution < 1.29 is 4.79 Å². The van der Waals surface area contributed by atoms with Gasteiger partial charge in [0.1, 0.15) is 22.9 Å². The fourth-order valence-electron chi connectivity index (χ4n) is 3.51. The molecule has 3 aromatic rings. The molecular formula is C25H29ClN4O. The van der Waals surface area contributed by atoms with Crippen molar-refractivity contribution in [2.24, 2.45) is 0 Å². The lowest BCUT2D eigenvalue weighted by Crippen LogP contribution is -2.11. The molecule has 0 aliphatic carbocycles. The van der Waals surface area contributed by atoms with Gasteiger partial charge in [0, 0.05) is 24.7 Å². The predicted molar refractivity (Wildman–Crippen MR) is 126 cm³/mol. The average Bonchev–Trinajstić information content (AvgIpc) is 2.74. The highest BCUT2D eigenvalue weighted by atomic mass is 35.5. The van der Waals surface area contributed by atoms with E-state index in [-0.39, 0.29) is 33.7 Å². The molecule has 0 spiro atoms. The van der Waals surface area contributed by atoms with Crippen LogP contribution in [0.5, 0.6) is 0 Å². The van der Waals surface area contributed by atoms with Crippen molar-refractivity contribution in [3.63, 3.8) is 0 Å². The van der Waals surface area contributed by atoms with E-state index >= 15 is 0 Å². The predicted octanol–water partition coefficient (Wildman–Crippen LogP) is 5.76. The zero-order valence-corrected chi connectivity index (χ0v) is 19.3. The van der Waals surface area contributed by atoms with Gasteiger partial charge in [0.05, 0.1) is 0 Å². The highest BCUT2D eigenvalue weighted by molar-refractivity contribution is 6.35. The Morgan fingerprint density at radius 3 is 2.35 bits per heavy atom. The van der Waals surface area contributed by atoms with Crippen molar-refractivity contribution in [3.8, 4) is 0 Å². The fraction of sp³-hybridized carbons (Fsp3) is 0.360. The molecule has 0 saturated heterocycles. The molecule has 5 nitrogen and oxygen atoms in total. The second kappa shape index (κ2) is 9.56. The van der Waals surface area contributed by atoms with E-state index in [2.05, 4.69) is 73.0 Å². The number of nitrogens with two attached hydrogens (primary N) is 1. The molecule has 0 radical (unpaired) electrons. The lowest BCUT2D eigenvalue weighted by molar-refractivity contribution is 0.0968. The van der Waals surface area contributed by atoms with Crippen LogP contribution in [0.2, 0.25) is 5.02 Å². The molecule has 31 heavy (non-hydrogen) atoms. The van der Waals surface area contributed by atoms with Crippen LogP contribution in [0.3, 0.4) is 0 Å². The van der Waals surface area contributed by atoms with Gasteiger partial charge in [-0.05, 0) is 40.5 Å². The standard InChI is InChI=1S/C25H29ClN4O/c1-5-17(13-21(31)23-22(26)24(27)30-15-29-23)18-8-11-20(28-14-18)12-16-6-9-19(10-7-16)25(2,3)4/h6-11,14-15,17H,5,12-13H2,1-4H3,(H2,27,29,30). The van der Waals surface area contributed by atoms with Gasteiger partial charge >= 0.3 is 0 Å². The molecule has 0 amide bonds. The molecule has 1 atom stereocenters. The second-order valence-corrected chi connectivity index (χ2v) is 9.24. The van der Waals surface area contributed by atoms with Gasteiger partial charge in [0.2, 0.25) is 0 Å². The molecule has 2 N–H and O–H groups in total. The van der Waals surface area contributed by atoms with Gasteiger partial charge < -0.3 is 5.73 Å². The third kappa shape index (κ3) is 5.67. The van der Waals surface area contributed by atoms with Crippen LogP contribution in [0.25, 0.3) is 0 Å². The third-order valence-electron chi connectivity index (χ3n) is 5.53. The molecule has 0 aliphatic rings. The lowest BCUT2D eigenvalue weighted by atomic mass is 9.86. The van der Waals surface area contributed by atoms with E-state index in [4.69, 9.17) is 17.3 Å². The molecule has 3 rings (SSSR count). The van der Waals surface area contributed by atoms with Gasteiger partial charge in [-0.2, -0.15) is 0 Å². The lowest BCUT2D eigenvalue weighted by Gasteiger charge is -2.19. The Labute approximate surface area is 189 Å². The van der Waals surface area contributed by atoms with Crippen molar-refractivity contribution in [3.05, 3.63) is 82.0 Å². The topological polar surface area (TPSA) is 81.8 Å². The first-order valence-corrected chi connectivity index (χ1v) is 10.9. The van der Waals surface area contributed by atoms with Crippen LogP contribution >= 0.6 is 11.6 Å². The number of benzene rings is 1. The molecule has 162 valence electrons. The molecule has 0 bridgehead atoms. The van der Waals surface area contributed by atoms with Crippen molar-refractivity contribution in [1.29, 1.82) is 0 Å². The molecule has 0 aliphatic heterocycles. The van der Waals surface area contributed by atoms with Crippen molar-refractivity contribution >= 4 is 23.2 Å². The maximum atomic E-state index is 12.7. The Morgan fingerprint density at radius 2 is 1.77 bits per heavy atom. The van der Waals surface area contributed by atoms with Gasteiger partial charge in [-0.15, -0.1) is 0 Å². The van der Waals surface area contributed by atoms with Crippen molar-refractivity contribution in [1.82, 2.24) is 15.0 Å². The zero-order valence-electron chi connectivity index (χ0n) is 18.5. The number of Topliss-reactive ketones (excluding diaryl/α,β-unsaturated/α-hetero) is 1. The number of pyridine rings is 1. The summed E-state index contributed by atoms with van der Waals surface area (Å²) in [6.07, 6.45) is 5.01. The van der Waals surface area contributed by atoms with Gasteiger partial charge in [0.25, 0.3) is 0 Å². The maximum absolute atomic E-state index is 12.7. The first kappa shape index (κ1) is 22.9. The minimum Gasteiger partial charge on any atom is -0.382 e. The summed E-state index contributed by atoms with van der Waals surface area (Å²) in [5.74, 6) is 0.0101. The SMILES string of the molecule is CCC(CC(=O)c1ncnc(N)c1Cl)c1ccc(Cc2ccc(C(C)(C)C)cc2)nc1. The van der Waals surface area contributed by atoms with E-state index in [1.165, 1.54) is 17.5 Å². The van der Waals surface area contributed by atoms with E-state index in [0.29, 0.717) is 6.42 Å². The van der Waals surface area contributed by atoms with Gasteiger partial charge in [-0.25, -0.2) is 9.97 Å². The van der Waals surface area contributed by atoms with Crippen LogP contribution in [-0.2, 0) is 11.8 Å². The Balaban J connectivity index is 1.69. The highest BCUT2D eigenvalue weighted by Crippen LogP contribution is 2.28. The first-order valence-electron chi connectivity index (χ1n) is 10.5. The number of aromatic nitrogens is 3. The van der Waals surface area contributed by atoms with Crippen LogP contribution in [0, 0.1) is 0 Å². The number of hydrogen-bond donors (Lipinski definition) is 1. The van der Waals surface area contributed by atoms with Gasteiger partial charge in [-0.3, -0.25) is 9.78 Å². The first-order chi connectivity index (χ1) is 14.7. The average molecular weight is 437 g/mol. The summed E-state index contributed by atoms with van der Waals surface area (Å²) in [4.78, 5) is 25.2. The normalized spacial score (nSPS) is 12.5. The monoisotopic (exact) mass is 436 g/mol. The van der Waals surface area contributed by atoms with Crippen LogP contribution in [0.1, 0.15) is 79.3 Å². The number of carbonyl (C=O) groups excluding carboxylic acids is 1. The Bertz CT molecular complexity index is 1040. The zero-order chi connectivity index (χ0) is 22.6. The molecule has 0 saturated carbocycles.